The van der Waals surface area contributed by atoms with Crippen molar-refractivity contribution in [1.82, 2.24) is 0 Å². The van der Waals surface area contributed by atoms with E-state index in [0.717, 1.165) is 3.93 Å². The van der Waals surface area contributed by atoms with E-state index in [9.17, 15) is 0 Å². The summed E-state index contributed by atoms with van der Waals surface area (Å²) in [5, 5.41) is 0. The summed E-state index contributed by atoms with van der Waals surface area (Å²) in [7, 11) is 0. The van der Waals surface area contributed by atoms with E-state index >= 15 is 0 Å². The molecule has 2 aromatic carbocycles. The molecule has 2 atom stereocenters. The van der Waals surface area contributed by atoms with Crippen LogP contribution in [0.15, 0.2) is 60.7 Å². The average Bonchev–Trinajstić information content (AvgIpc) is 3.14. The fraction of sp³-hybridized carbons (Fsp3) is 0.200. The minimum Gasteiger partial charge on any atom is 0 e. The predicted molar refractivity (Wildman–Crippen MR) is 93.2 cm³/mol. The summed E-state index contributed by atoms with van der Waals surface area (Å²) in [5.74, 6) is 1.27. The fourth-order valence-electron chi connectivity index (χ4n) is 3.86. The number of benzene rings is 2. The van der Waals surface area contributed by atoms with Gasteiger partial charge in [-0.15, -0.1) is 0 Å². The van der Waals surface area contributed by atoms with E-state index in [0.29, 0.717) is 11.8 Å². The van der Waals surface area contributed by atoms with Crippen molar-refractivity contribution in [2.75, 3.05) is 0 Å². The van der Waals surface area contributed by atoms with Gasteiger partial charge in [0.1, 0.15) is 0 Å². The zero-order chi connectivity index (χ0) is 14.2. The number of hydrogen-bond acceptors (Lipinski definition) is 0. The number of allylic oxidation sites excluding steroid dienone is 2. The van der Waals surface area contributed by atoms with Crippen LogP contribution in [0.25, 0.3) is 12.2 Å². The Morgan fingerprint density at radius 3 is 1.68 bits per heavy atom. The first-order chi connectivity index (χ1) is 10.4. The van der Waals surface area contributed by atoms with Crippen molar-refractivity contribution in [2.24, 2.45) is 0 Å². The Morgan fingerprint density at radius 2 is 1.23 bits per heavy atom. The molecule has 0 saturated carbocycles. The molecule has 4 rings (SSSR count). The Balaban J connectivity index is 0.00000144. The van der Waals surface area contributed by atoms with E-state index in [1.807, 2.05) is 0 Å². The molecular weight excluding hydrogens is 537 g/mol. The monoisotopic (exact) mass is 559 g/mol. The van der Waals surface area contributed by atoms with Crippen LogP contribution in [0.3, 0.4) is 0 Å². The zero-order valence-electron chi connectivity index (χ0n) is 12.7. The van der Waals surface area contributed by atoms with Crippen LogP contribution < -0.4 is 0 Å². The van der Waals surface area contributed by atoms with Gasteiger partial charge in [-0.3, -0.25) is 0 Å². The maximum Gasteiger partial charge on any atom is 0 e. The Bertz CT molecular complexity index is 670. The van der Waals surface area contributed by atoms with Gasteiger partial charge in [0, 0.05) is 25.8 Å². The van der Waals surface area contributed by atoms with E-state index in [2.05, 4.69) is 77.8 Å². The van der Waals surface area contributed by atoms with Gasteiger partial charge in [-0.1, -0.05) is 0 Å². The molecule has 0 bridgehead atoms. The third kappa shape index (κ3) is 2.75. The molecule has 2 aliphatic carbocycles. The van der Waals surface area contributed by atoms with Gasteiger partial charge in [-0.2, -0.15) is 0 Å². The molecule has 0 N–H and O–H groups in total. The van der Waals surface area contributed by atoms with Gasteiger partial charge in [0.15, 0.2) is 0 Å². The smallest absolute Gasteiger partial charge is 0 e. The van der Waals surface area contributed by atoms with Gasteiger partial charge in [-0.25, -0.2) is 0 Å². The van der Waals surface area contributed by atoms with Gasteiger partial charge < -0.3 is 0 Å². The van der Waals surface area contributed by atoms with Crippen LogP contribution in [0.4, 0.5) is 0 Å². The third-order valence-electron chi connectivity index (χ3n) is 4.89. The molecule has 2 aliphatic rings. The number of rotatable bonds is 3. The molecule has 0 saturated heterocycles. The van der Waals surface area contributed by atoms with Crippen molar-refractivity contribution < 1.29 is 25.8 Å². The molecular formula is C20H19HfSn. The molecule has 0 aliphatic heterocycles. The minimum atomic E-state index is -0.596. The quantitative estimate of drug-likeness (QED) is 0.473. The Kier molecular flexibility index (Phi) is 5.23. The van der Waals surface area contributed by atoms with Crippen LogP contribution in [0.1, 0.15) is 34.1 Å². The van der Waals surface area contributed by atoms with E-state index < -0.39 is 21.1 Å². The first kappa shape index (κ1) is 16.4. The van der Waals surface area contributed by atoms with Gasteiger partial charge in [-0.05, 0) is 0 Å². The number of fused-ring (bicyclic) bond motifs is 2. The summed E-state index contributed by atoms with van der Waals surface area (Å²) in [6, 6.07) is 17.9. The second-order valence-electron chi connectivity index (χ2n) is 5.94. The molecule has 2 aromatic rings. The first-order valence-corrected chi connectivity index (χ1v) is 12.9. The molecule has 107 valence electrons. The topological polar surface area (TPSA) is 0 Å². The second-order valence-corrected chi connectivity index (χ2v) is 10.0. The van der Waals surface area contributed by atoms with E-state index in [1.54, 1.807) is 11.1 Å². The molecule has 0 aromatic heterocycles. The van der Waals surface area contributed by atoms with Crippen molar-refractivity contribution in [3.8, 4) is 0 Å². The Labute approximate surface area is 161 Å². The summed E-state index contributed by atoms with van der Waals surface area (Å²) in [5.41, 5.74) is 5.96. The molecule has 2 unspecified atom stereocenters. The third-order valence-corrected chi connectivity index (χ3v) is 9.45. The van der Waals surface area contributed by atoms with Crippen molar-refractivity contribution in [3.63, 3.8) is 0 Å². The standard InChI is InChI=1S/C19H15.CH3.Hf.Sn.H/c1-3-7-18-14(5-1)9-11-16(18)13-17-12-10-15-6-2-4-8-19(15)17;;;;/h1-13,16-17H;1H3;;;. The first-order valence-electron chi connectivity index (χ1n) is 7.72. The maximum atomic E-state index is 2.52. The molecule has 0 nitrogen and oxygen atoms in total. The molecule has 2 heteroatoms. The SMILES string of the molecule is [CH3][SnH][CH](C1C=Cc2ccccc21)C1C=Cc2ccccc21.[Hf]. The van der Waals surface area contributed by atoms with Crippen LogP contribution >= 0.6 is 0 Å². The Hall–Kier alpha value is -0.411. The predicted octanol–water partition coefficient (Wildman–Crippen LogP) is 4.88. The van der Waals surface area contributed by atoms with Crippen molar-refractivity contribution in [2.45, 2.75) is 20.7 Å². The van der Waals surface area contributed by atoms with E-state index in [-0.39, 0.29) is 25.8 Å². The van der Waals surface area contributed by atoms with Crippen LogP contribution in [0.2, 0.25) is 8.87 Å². The van der Waals surface area contributed by atoms with Crippen molar-refractivity contribution in [1.29, 1.82) is 0 Å². The molecule has 0 spiro atoms. The summed E-state index contributed by atoms with van der Waals surface area (Å²) in [4.78, 5) is 2.52. The maximum absolute atomic E-state index is 2.52. The summed E-state index contributed by atoms with van der Waals surface area (Å²) in [6.07, 6.45) is 9.57. The van der Waals surface area contributed by atoms with Crippen molar-refractivity contribution >= 4 is 33.3 Å². The van der Waals surface area contributed by atoms with Crippen LogP contribution in [0.5, 0.6) is 0 Å². The molecule has 0 heterocycles. The molecule has 0 amide bonds. The Morgan fingerprint density at radius 1 is 0.773 bits per heavy atom. The summed E-state index contributed by atoms with van der Waals surface area (Å²) < 4.78 is 0.833. The molecule has 0 fully saturated rings. The van der Waals surface area contributed by atoms with Gasteiger partial charge in [0.2, 0.25) is 0 Å². The average molecular weight is 557 g/mol. The van der Waals surface area contributed by atoms with Crippen LogP contribution in [0, 0.1) is 0 Å². The fourth-order valence-corrected chi connectivity index (χ4v) is 8.15. The van der Waals surface area contributed by atoms with Gasteiger partial charge >= 0.3 is 137 Å². The second kappa shape index (κ2) is 7.00. The van der Waals surface area contributed by atoms with Gasteiger partial charge in [0.25, 0.3) is 0 Å². The van der Waals surface area contributed by atoms with Gasteiger partial charge in [0.05, 0.1) is 0 Å². The largest absolute Gasteiger partial charge is 0 e. The zero-order valence-corrected chi connectivity index (χ0v) is 19.6. The molecule has 22 heavy (non-hydrogen) atoms. The summed E-state index contributed by atoms with van der Waals surface area (Å²) in [6.45, 7) is 0. The minimum absolute atomic E-state index is 0. The summed E-state index contributed by atoms with van der Waals surface area (Å²) >= 11 is -0.596. The van der Waals surface area contributed by atoms with Crippen LogP contribution in [-0.2, 0) is 25.8 Å². The molecule has 1 radical (unpaired) electrons. The van der Waals surface area contributed by atoms with E-state index in [1.165, 1.54) is 11.1 Å². The van der Waals surface area contributed by atoms with Crippen LogP contribution in [-0.4, -0.2) is 21.1 Å². The van der Waals surface area contributed by atoms with Crippen molar-refractivity contribution in [3.05, 3.63) is 82.9 Å². The normalized spacial score (nSPS) is 22.0. The number of hydrogen-bond donors (Lipinski definition) is 0. The van der Waals surface area contributed by atoms with E-state index in [4.69, 9.17) is 0 Å².